The van der Waals surface area contributed by atoms with E-state index in [2.05, 4.69) is 36.5 Å². The highest BCUT2D eigenvalue weighted by Crippen LogP contribution is 2.30. The third-order valence-corrected chi connectivity index (χ3v) is 4.77. The first kappa shape index (κ1) is 14.1. The molecule has 0 heterocycles. The van der Waals surface area contributed by atoms with Crippen molar-refractivity contribution in [1.82, 2.24) is 5.32 Å². The van der Waals surface area contributed by atoms with Crippen molar-refractivity contribution in [2.75, 3.05) is 13.2 Å². The summed E-state index contributed by atoms with van der Waals surface area (Å²) >= 11 is 0. The number of nitrogens with one attached hydrogen (secondary N) is 1. The van der Waals surface area contributed by atoms with Gasteiger partial charge in [0.1, 0.15) is 0 Å². The van der Waals surface area contributed by atoms with Gasteiger partial charge < -0.3 is 10.1 Å². The summed E-state index contributed by atoms with van der Waals surface area (Å²) in [7, 11) is 0. The van der Waals surface area contributed by atoms with Crippen LogP contribution < -0.4 is 5.32 Å². The van der Waals surface area contributed by atoms with Crippen molar-refractivity contribution in [2.24, 2.45) is 5.92 Å². The van der Waals surface area contributed by atoms with Gasteiger partial charge in [-0.05, 0) is 43.2 Å². The van der Waals surface area contributed by atoms with Crippen LogP contribution in [0.1, 0.15) is 55.8 Å². The second-order valence-corrected chi connectivity index (χ2v) is 6.48. The van der Waals surface area contributed by atoms with Crippen LogP contribution in [-0.4, -0.2) is 19.2 Å². The molecule has 1 aromatic rings. The van der Waals surface area contributed by atoms with E-state index in [0.717, 1.165) is 25.1 Å². The zero-order valence-corrected chi connectivity index (χ0v) is 12.6. The summed E-state index contributed by atoms with van der Waals surface area (Å²) in [6.07, 6.45) is 8.39. The number of rotatable bonds is 8. The van der Waals surface area contributed by atoms with Gasteiger partial charge in [-0.3, -0.25) is 0 Å². The van der Waals surface area contributed by atoms with Crippen molar-refractivity contribution in [1.29, 1.82) is 0 Å². The molecule has 3 rings (SSSR count). The number of benzene rings is 1. The van der Waals surface area contributed by atoms with Gasteiger partial charge in [-0.2, -0.15) is 0 Å². The Balaban J connectivity index is 1.55. The molecule has 2 aliphatic carbocycles. The van der Waals surface area contributed by atoms with Crippen LogP contribution >= 0.6 is 0 Å². The predicted molar refractivity (Wildman–Crippen MR) is 82.9 cm³/mol. The lowest BCUT2D eigenvalue weighted by Gasteiger charge is -2.27. The molecule has 1 atom stereocenters. The van der Waals surface area contributed by atoms with Gasteiger partial charge in [0.2, 0.25) is 0 Å². The van der Waals surface area contributed by atoms with Crippen molar-refractivity contribution in [3.05, 3.63) is 35.4 Å². The minimum absolute atomic E-state index is 0.219. The summed E-state index contributed by atoms with van der Waals surface area (Å²) in [5.41, 5.74) is 2.70. The molecule has 0 spiro atoms. The predicted octanol–water partition coefficient (Wildman–Crippen LogP) is 3.99. The van der Waals surface area contributed by atoms with Crippen LogP contribution in [0, 0.1) is 12.8 Å². The smallest absolute Gasteiger partial charge is 0.0951 e. The van der Waals surface area contributed by atoms with E-state index in [4.69, 9.17) is 4.74 Å². The van der Waals surface area contributed by atoms with Gasteiger partial charge >= 0.3 is 0 Å². The Morgan fingerprint density at radius 1 is 1.20 bits per heavy atom. The van der Waals surface area contributed by atoms with Crippen molar-refractivity contribution in [3.8, 4) is 0 Å². The maximum absolute atomic E-state index is 6.23. The molecule has 1 unspecified atom stereocenters. The lowest BCUT2D eigenvalue weighted by atomic mass is 9.83. The number of ether oxygens (including phenoxy) is 1. The molecule has 0 radical (unpaired) electrons. The molecule has 2 fully saturated rings. The molecule has 0 amide bonds. The maximum atomic E-state index is 6.23. The van der Waals surface area contributed by atoms with Crippen molar-refractivity contribution < 1.29 is 4.74 Å². The minimum Gasteiger partial charge on any atom is -0.372 e. The molecule has 1 N–H and O–H groups in total. The zero-order valence-electron chi connectivity index (χ0n) is 12.6. The number of aryl methyl sites for hydroxylation is 1. The minimum atomic E-state index is 0.219. The highest BCUT2D eigenvalue weighted by atomic mass is 16.5. The molecule has 110 valence electrons. The van der Waals surface area contributed by atoms with Crippen molar-refractivity contribution >= 4 is 0 Å². The normalized spacial score (nSPS) is 20.6. The summed E-state index contributed by atoms with van der Waals surface area (Å²) in [6.45, 7) is 4.06. The summed E-state index contributed by atoms with van der Waals surface area (Å²) in [6, 6.07) is 9.39. The van der Waals surface area contributed by atoms with Crippen LogP contribution in [0.15, 0.2) is 24.3 Å². The average Bonchev–Trinajstić information content (AvgIpc) is 3.21. The largest absolute Gasteiger partial charge is 0.372 e. The van der Waals surface area contributed by atoms with E-state index in [1.165, 1.54) is 49.7 Å². The molecular weight excluding hydrogens is 246 g/mol. The summed E-state index contributed by atoms with van der Waals surface area (Å²) in [4.78, 5) is 0. The van der Waals surface area contributed by atoms with Gasteiger partial charge in [-0.25, -0.2) is 0 Å². The van der Waals surface area contributed by atoms with E-state index in [0.29, 0.717) is 0 Å². The Morgan fingerprint density at radius 3 is 2.65 bits per heavy atom. The van der Waals surface area contributed by atoms with Crippen LogP contribution in [0.5, 0.6) is 0 Å². The van der Waals surface area contributed by atoms with Crippen molar-refractivity contribution in [3.63, 3.8) is 0 Å². The maximum Gasteiger partial charge on any atom is 0.0951 e. The van der Waals surface area contributed by atoms with Crippen LogP contribution in [0.2, 0.25) is 0 Å². The molecule has 0 aromatic heterocycles. The first-order valence-electron chi connectivity index (χ1n) is 8.23. The average molecular weight is 273 g/mol. The van der Waals surface area contributed by atoms with Gasteiger partial charge in [0.25, 0.3) is 0 Å². The van der Waals surface area contributed by atoms with E-state index in [9.17, 15) is 0 Å². The van der Waals surface area contributed by atoms with Crippen LogP contribution in [0.25, 0.3) is 0 Å². The van der Waals surface area contributed by atoms with Crippen LogP contribution in [0.4, 0.5) is 0 Å². The Kier molecular flexibility index (Phi) is 4.74. The molecule has 0 aliphatic heterocycles. The molecule has 2 heteroatoms. The van der Waals surface area contributed by atoms with E-state index in [-0.39, 0.29) is 6.10 Å². The van der Waals surface area contributed by atoms with E-state index >= 15 is 0 Å². The molecule has 2 saturated carbocycles. The lowest BCUT2D eigenvalue weighted by Crippen LogP contribution is -2.26. The summed E-state index contributed by atoms with van der Waals surface area (Å²) < 4.78 is 6.23. The number of hydrogen-bond donors (Lipinski definition) is 1. The standard InChI is InChI=1S/C18H27NO/c1-14-5-2-3-8-17(14)18(13-19-16-9-10-16)20-12-11-15-6-4-7-15/h2-3,5,8,15-16,18-19H,4,6-7,9-13H2,1H3. The molecule has 20 heavy (non-hydrogen) atoms. The second kappa shape index (κ2) is 6.73. The third-order valence-electron chi connectivity index (χ3n) is 4.77. The summed E-state index contributed by atoms with van der Waals surface area (Å²) in [5.74, 6) is 0.934. The highest BCUT2D eigenvalue weighted by Gasteiger charge is 2.24. The van der Waals surface area contributed by atoms with Gasteiger partial charge in [-0.15, -0.1) is 0 Å². The first-order valence-corrected chi connectivity index (χ1v) is 8.23. The van der Waals surface area contributed by atoms with Crippen LogP contribution in [0.3, 0.4) is 0 Å². The first-order chi connectivity index (χ1) is 9.83. The van der Waals surface area contributed by atoms with Gasteiger partial charge in [0, 0.05) is 19.2 Å². The Bertz CT molecular complexity index is 423. The van der Waals surface area contributed by atoms with Crippen molar-refractivity contribution in [2.45, 2.75) is 57.6 Å². The highest BCUT2D eigenvalue weighted by molar-refractivity contribution is 5.28. The Morgan fingerprint density at radius 2 is 2.00 bits per heavy atom. The third kappa shape index (κ3) is 3.83. The van der Waals surface area contributed by atoms with E-state index < -0.39 is 0 Å². The quantitative estimate of drug-likeness (QED) is 0.773. The van der Waals surface area contributed by atoms with Gasteiger partial charge in [0.05, 0.1) is 6.10 Å². The lowest BCUT2D eigenvalue weighted by molar-refractivity contribution is 0.0366. The summed E-state index contributed by atoms with van der Waals surface area (Å²) in [5, 5.41) is 3.62. The molecular formula is C18H27NO. The van der Waals surface area contributed by atoms with E-state index in [1.54, 1.807) is 0 Å². The molecule has 2 aliphatic rings. The SMILES string of the molecule is Cc1ccccc1C(CNC1CC1)OCCC1CCC1. The van der Waals surface area contributed by atoms with E-state index in [1.807, 2.05) is 0 Å². The Labute approximate surface area is 122 Å². The fourth-order valence-corrected chi connectivity index (χ4v) is 2.93. The fourth-order valence-electron chi connectivity index (χ4n) is 2.93. The molecule has 1 aromatic carbocycles. The van der Waals surface area contributed by atoms with Gasteiger partial charge in [0.15, 0.2) is 0 Å². The monoisotopic (exact) mass is 273 g/mol. The molecule has 2 nitrogen and oxygen atoms in total. The second-order valence-electron chi connectivity index (χ2n) is 6.48. The number of hydrogen-bond acceptors (Lipinski definition) is 2. The van der Waals surface area contributed by atoms with Crippen LogP contribution in [-0.2, 0) is 4.74 Å². The Hall–Kier alpha value is -0.860. The molecule has 0 bridgehead atoms. The van der Waals surface area contributed by atoms with Gasteiger partial charge in [-0.1, -0.05) is 43.5 Å². The zero-order chi connectivity index (χ0) is 13.8. The molecule has 0 saturated heterocycles. The topological polar surface area (TPSA) is 21.3 Å². The fraction of sp³-hybridized carbons (Fsp3) is 0.667.